The molecule has 0 bridgehead atoms. The highest BCUT2D eigenvalue weighted by Crippen LogP contribution is 2.29. The molecule has 0 fully saturated rings. The second-order valence-electron chi connectivity index (χ2n) is 7.09. The first-order valence-corrected chi connectivity index (χ1v) is 10.3. The second kappa shape index (κ2) is 10.8. The van der Waals surface area contributed by atoms with Crippen molar-refractivity contribution in [2.45, 2.75) is 25.0 Å². The maximum Gasteiger partial charge on any atom is 0.278 e. The lowest BCUT2D eigenvalue weighted by Gasteiger charge is -2.31. The number of hydrogen-bond acceptors (Lipinski definition) is 4. The number of halogens is 3. The van der Waals surface area contributed by atoms with E-state index in [1.807, 2.05) is 6.92 Å². The Morgan fingerprint density at radius 3 is 2.44 bits per heavy atom. The van der Waals surface area contributed by atoms with Crippen molar-refractivity contribution in [1.29, 1.82) is 0 Å². The predicted molar refractivity (Wildman–Crippen MR) is 117 cm³/mol. The molecule has 6 nitrogen and oxygen atoms in total. The largest absolute Gasteiger partial charge is 0.354 e. The second-order valence-corrected chi connectivity index (χ2v) is 7.47. The maximum absolute atomic E-state index is 13.9. The van der Waals surface area contributed by atoms with Gasteiger partial charge in [-0.1, -0.05) is 41.4 Å². The molecule has 0 saturated carbocycles. The molecule has 0 aliphatic rings. The number of benzene rings is 2. The Morgan fingerprint density at radius 1 is 1.12 bits per heavy atom. The first kappa shape index (κ1) is 23.3. The average Bonchev–Trinajstić information content (AvgIpc) is 2.78. The van der Waals surface area contributed by atoms with Crippen molar-refractivity contribution in [2.24, 2.45) is 0 Å². The molecule has 0 unspecified atom stereocenters. The van der Waals surface area contributed by atoms with E-state index < -0.39 is 23.5 Å². The van der Waals surface area contributed by atoms with E-state index in [0.29, 0.717) is 12.0 Å². The van der Waals surface area contributed by atoms with Crippen LogP contribution in [-0.2, 0) is 16.0 Å². The van der Waals surface area contributed by atoms with E-state index in [-0.39, 0.29) is 23.6 Å². The summed E-state index contributed by atoms with van der Waals surface area (Å²) >= 11 is 5.48. The smallest absolute Gasteiger partial charge is 0.278 e. The quantitative estimate of drug-likeness (QED) is 0.520. The molecular formula is C23H21ClF2N4O2. The van der Waals surface area contributed by atoms with Crippen LogP contribution < -0.4 is 10.2 Å². The zero-order chi connectivity index (χ0) is 23.1. The molecule has 0 aliphatic heterocycles. The number of aromatic nitrogens is 2. The van der Waals surface area contributed by atoms with Gasteiger partial charge in [0.25, 0.3) is 11.5 Å². The van der Waals surface area contributed by atoms with Crippen molar-refractivity contribution in [1.82, 2.24) is 15.3 Å². The number of nitrogens with zero attached hydrogens (tertiary/aromatic N) is 3. The summed E-state index contributed by atoms with van der Waals surface area (Å²) in [6.07, 6.45) is 4.39. The summed E-state index contributed by atoms with van der Waals surface area (Å²) in [6.45, 7) is 2.03. The van der Waals surface area contributed by atoms with Gasteiger partial charge in [-0.25, -0.2) is 18.7 Å². The summed E-state index contributed by atoms with van der Waals surface area (Å²) in [5.41, 5.74) is -0.174. The third-order valence-electron chi connectivity index (χ3n) is 4.74. The van der Waals surface area contributed by atoms with Crippen molar-refractivity contribution in [3.8, 4) is 0 Å². The van der Waals surface area contributed by atoms with E-state index in [0.717, 1.165) is 10.5 Å². The normalized spacial score (nSPS) is 12.6. The van der Waals surface area contributed by atoms with Crippen molar-refractivity contribution in [2.75, 3.05) is 11.4 Å². The van der Waals surface area contributed by atoms with E-state index in [2.05, 4.69) is 15.3 Å². The predicted octanol–water partition coefficient (Wildman–Crippen LogP) is 3.89. The SMILES string of the molecule is Cc1ccc(N(C(=O)[C@H](F)Cl)[C@@H](C(=O)NCCc2cccc(F)c2)c2cncnc2)cc1. The van der Waals surface area contributed by atoms with E-state index in [1.54, 1.807) is 36.4 Å². The molecule has 1 aromatic heterocycles. The minimum Gasteiger partial charge on any atom is -0.354 e. The van der Waals surface area contributed by atoms with Crippen LogP contribution in [0.5, 0.6) is 0 Å². The molecule has 0 saturated heterocycles. The maximum atomic E-state index is 13.9. The molecule has 1 heterocycles. The zero-order valence-electron chi connectivity index (χ0n) is 17.2. The van der Waals surface area contributed by atoms with Gasteiger partial charge in [-0.3, -0.25) is 14.5 Å². The van der Waals surface area contributed by atoms with Gasteiger partial charge in [0.2, 0.25) is 5.91 Å². The minimum atomic E-state index is -2.36. The minimum absolute atomic E-state index is 0.169. The highest BCUT2D eigenvalue weighted by molar-refractivity contribution is 6.32. The van der Waals surface area contributed by atoms with Crippen LogP contribution in [0.4, 0.5) is 14.5 Å². The van der Waals surface area contributed by atoms with Gasteiger partial charge in [-0.15, -0.1) is 0 Å². The fraction of sp³-hybridized carbons (Fsp3) is 0.217. The number of amides is 2. The summed E-state index contributed by atoms with van der Waals surface area (Å²) in [5, 5.41) is 2.73. The molecule has 2 aromatic carbocycles. The lowest BCUT2D eigenvalue weighted by Crippen LogP contribution is -2.46. The number of carbonyl (C=O) groups is 2. The summed E-state index contributed by atoms with van der Waals surface area (Å²) in [7, 11) is 0. The van der Waals surface area contributed by atoms with Crippen molar-refractivity contribution in [3.05, 3.63) is 89.8 Å². The number of hydrogen-bond donors (Lipinski definition) is 1. The number of nitrogens with one attached hydrogen (secondary N) is 1. The zero-order valence-corrected chi connectivity index (χ0v) is 18.0. The average molecular weight is 459 g/mol. The summed E-state index contributed by atoms with van der Waals surface area (Å²) < 4.78 is 27.3. The number of alkyl halides is 2. The molecule has 2 amide bonds. The Hall–Kier alpha value is -3.39. The number of anilines is 1. The van der Waals surface area contributed by atoms with Crippen LogP contribution in [0, 0.1) is 12.7 Å². The first-order chi connectivity index (χ1) is 15.4. The van der Waals surface area contributed by atoms with Gasteiger partial charge < -0.3 is 5.32 Å². The Balaban J connectivity index is 1.91. The van der Waals surface area contributed by atoms with E-state index in [4.69, 9.17) is 11.6 Å². The molecule has 0 aliphatic carbocycles. The summed E-state index contributed by atoms with van der Waals surface area (Å²) in [5.74, 6) is -2.05. The van der Waals surface area contributed by atoms with Crippen LogP contribution in [-0.4, -0.2) is 34.0 Å². The molecule has 9 heteroatoms. The molecule has 3 aromatic rings. The van der Waals surface area contributed by atoms with Crippen LogP contribution in [0.25, 0.3) is 0 Å². The van der Waals surface area contributed by atoms with E-state index in [9.17, 15) is 18.4 Å². The van der Waals surface area contributed by atoms with Gasteiger partial charge in [0.15, 0.2) is 0 Å². The van der Waals surface area contributed by atoms with Crippen molar-refractivity contribution in [3.63, 3.8) is 0 Å². The third kappa shape index (κ3) is 5.85. The lowest BCUT2D eigenvalue weighted by atomic mass is 10.1. The highest BCUT2D eigenvalue weighted by atomic mass is 35.5. The molecule has 166 valence electrons. The molecule has 3 rings (SSSR count). The van der Waals surface area contributed by atoms with E-state index >= 15 is 0 Å². The van der Waals surface area contributed by atoms with Crippen LogP contribution >= 0.6 is 11.6 Å². The van der Waals surface area contributed by atoms with Crippen LogP contribution in [0.15, 0.2) is 67.3 Å². The first-order valence-electron chi connectivity index (χ1n) is 9.82. The standard InChI is InChI=1S/C23H21ClF2N4O2/c1-15-5-7-19(8-6-15)30(23(32)21(24)26)20(17-12-27-14-28-13-17)22(31)29-10-9-16-3-2-4-18(25)11-16/h2-8,11-14,20-21H,9-10H2,1H3,(H,29,31)/t20-,21+/m1/s1. The molecule has 0 spiro atoms. The molecule has 32 heavy (non-hydrogen) atoms. The topological polar surface area (TPSA) is 75.2 Å². The Bertz CT molecular complexity index is 1070. The Labute approximate surface area is 189 Å². The van der Waals surface area contributed by atoms with Gasteiger partial charge in [0.1, 0.15) is 18.2 Å². The van der Waals surface area contributed by atoms with E-state index in [1.165, 1.54) is 30.9 Å². The summed E-state index contributed by atoms with van der Waals surface area (Å²) in [4.78, 5) is 34.8. The van der Waals surface area contributed by atoms with Crippen molar-refractivity contribution < 1.29 is 18.4 Å². The van der Waals surface area contributed by atoms with Gasteiger partial charge in [-0.05, 0) is 43.2 Å². The molecular weight excluding hydrogens is 438 g/mol. The molecule has 1 N–H and O–H groups in total. The van der Waals surface area contributed by atoms with Crippen molar-refractivity contribution >= 4 is 29.1 Å². The molecule has 0 radical (unpaired) electrons. The van der Waals surface area contributed by atoms with Crippen LogP contribution in [0.3, 0.4) is 0 Å². The number of rotatable bonds is 8. The third-order valence-corrected chi connectivity index (χ3v) is 4.93. The van der Waals surface area contributed by atoms with Gasteiger partial charge in [0, 0.05) is 30.2 Å². The van der Waals surface area contributed by atoms with Crippen LogP contribution in [0.2, 0.25) is 0 Å². The number of carbonyl (C=O) groups excluding carboxylic acids is 2. The fourth-order valence-corrected chi connectivity index (χ4v) is 3.31. The van der Waals surface area contributed by atoms with Crippen LogP contribution in [0.1, 0.15) is 22.7 Å². The monoisotopic (exact) mass is 458 g/mol. The Kier molecular flexibility index (Phi) is 7.83. The lowest BCUT2D eigenvalue weighted by molar-refractivity contribution is -0.127. The highest BCUT2D eigenvalue weighted by Gasteiger charge is 2.36. The molecule has 2 atom stereocenters. The number of aryl methyl sites for hydroxylation is 1. The fourth-order valence-electron chi connectivity index (χ4n) is 3.20. The Morgan fingerprint density at radius 2 is 1.81 bits per heavy atom. The van der Waals surface area contributed by atoms with Gasteiger partial charge in [0.05, 0.1) is 0 Å². The van der Waals surface area contributed by atoms with Gasteiger partial charge >= 0.3 is 0 Å². The van der Waals surface area contributed by atoms with Gasteiger partial charge in [-0.2, -0.15) is 0 Å². The summed E-state index contributed by atoms with van der Waals surface area (Å²) in [6, 6.07) is 11.4.